The summed E-state index contributed by atoms with van der Waals surface area (Å²) >= 11 is 0. The fraction of sp³-hybridized carbons (Fsp3) is 0.556. The molecule has 1 rings (SSSR count). The molecule has 4 heteroatoms. The zero-order valence-electron chi connectivity index (χ0n) is 13.2. The van der Waals surface area contributed by atoms with Crippen LogP contribution in [-0.2, 0) is 19.1 Å². The van der Waals surface area contributed by atoms with Gasteiger partial charge in [0.05, 0.1) is 25.0 Å². The van der Waals surface area contributed by atoms with Gasteiger partial charge in [0.25, 0.3) is 0 Å². The van der Waals surface area contributed by atoms with Crippen LogP contribution in [0.15, 0.2) is 37.5 Å². The maximum absolute atomic E-state index is 12.1. The number of carbonyl (C=O) groups excluding carboxylic acids is 2. The van der Waals surface area contributed by atoms with Crippen molar-refractivity contribution in [2.24, 2.45) is 11.8 Å². The lowest BCUT2D eigenvalue weighted by Crippen LogP contribution is -2.34. The Morgan fingerprint density at radius 1 is 0.909 bits per heavy atom. The van der Waals surface area contributed by atoms with Crippen LogP contribution in [-0.4, -0.2) is 25.2 Å². The van der Waals surface area contributed by atoms with Crippen molar-refractivity contribution in [3.8, 4) is 0 Å². The molecule has 0 N–H and O–H groups in total. The molecular formula is C18H26O4. The van der Waals surface area contributed by atoms with Crippen molar-refractivity contribution in [1.82, 2.24) is 0 Å². The molecule has 0 aliphatic heterocycles. The molecule has 2 atom stereocenters. The van der Waals surface area contributed by atoms with Gasteiger partial charge in [0, 0.05) is 0 Å². The lowest BCUT2D eigenvalue weighted by Gasteiger charge is -2.25. The van der Waals surface area contributed by atoms with Gasteiger partial charge >= 0.3 is 11.9 Å². The number of unbranched alkanes of at least 4 members (excludes halogenated alkanes) is 2. The van der Waals surface area contributed by atoms with E-state index in [1.54, 1.807) is 12.2 Å². The smallest absolute Gasteiger partial charge is 0.310 e. The van der Waals surface area contributed by atoms with Gasteiger partial charge in [-0.05, 0) is 38.5 Å². The Morgan fingerprint density at radius 3 is 1.68 bits per heavy atom. The quantitative estimate of drug-likeness (QED) is 0.351. The third kappa shape index (κ3) is 6.29. The Bertz CT molecular complexity index is 373. The number of carbonyl (C=O) groups is 2. The van der Waals surface area contributed by atoms with Crippen LogP contribution in [0.2, 0.25) is 0 Å². The SMILES string of the molecule is C=CCCCOC(=O)C1CC=CCC1C(=O)OCCCC=C. The Balaban J connectivity index is 2.46. The molecule has 2 unspecified atom stereocenters. The van der Waals surface area contributed by atoms with Crippen molar-refractivity contribution in [3.05, 3.63) is 37.5 Å². The first-order valence-corrected chi connectivity index (χ1v) is 7.90. The summed E-state index contributed by atoms with van der Waals surface area (Å²) in [5, 5.41) is 0. The summed E-state index contributed by atoms with van der Waals surface area (Å²) < 4.78 is 10.5. The van der Waals surface area contributed by atoms with Crippen LogP contribution in [0.3, 0.4) is 0 Å². The van der Waals surface area contributed by atoms with E-state index in [2.05, 4.69) is 13.2 Å². The third-order valence-electron chi connectivity index (χ3n) is 3.63. The molecule has 0 bridgehead atoms. The van der Waals surface area contributed by atoms with Crippen LogP contribution in [0, 0.1) is 11.8 Å². The van der Waals surface area contributed by atoms with Gasteiger partial charge in [-0.25, -0.2) is 0 Å². The van der Waals surface area contributed by atoms with Gasteiger partial charge in [-0.2, -0.15) is 0 Å². The fourth-order valence-corrected chi connectivity index (χ4v) is 2.35. The molecule has 0 radical (unpaired) electrons. The first kappa shape index (κ1) is 18.2. The van der Waals surface area contributed by atoms with Crippen LogP contribution >= 0.6 is 0 Å². The summed E-state index contributed by atoms with van der Waals surface area (Å²) in [6, 6.07) is 0. The second kappa shape index (κ2) is 10.8. The van der Waals surface area contributed by atoms with E-state index in [4.69, 9.17) is 9.47 Å². The second-order valence-corrected chi connectivity index (χ2v) is 5.35. The molecule has 0 aromatic carbocycles. The molecule has 22 heavy (non-hydrogen) atoms. The van der Waals surface area contributed by atoms with Crippen LogP contribution in [0.25, 0.3) is 0 Å². The molecule has 4 nitrogen and oxygen atoms in total. The summed E-state index contributed by atoms with van der Waals surface area (Å²) in [5.74, 6) is -1.47. The molecular weight excluding hydrogens is 280 g/mol. The van der Waals surface area contributed by atoms with Crippen LogP contribution < -0.4 is 0 Å². The van der Waals surface area contributed by atoms with Gasteiger partial charge in [0.2, 0.25) is 0 Å². The summed E-state index contributed by atoms with van der Waals surface area (Å²) in [7, 11) is 0. The van der Waals surface area contributed by atoms with Crippen molar-refractivity contribution in [2.45, 2.75) is 38.5 Å². The number of ether oxygens (including phenoxy) is 2. The summed E-state index contributed by atoms with van der Waals surface area (Å²) in [6.45, 7) is 7.99. The zero-order chi connectivity index (χ0) is 16.2. The standard InChI is InChI=1S/C18H26O4/c1-3-5-9-13-21-17(19)15-11-7-8-12-16(15)18(20)22-14-10-6-4-2/h3-4,7-8,15-16H,1-2,5-6,9-14H2. The average molecular weight is 306 g/mol. The fourth-order valence-electron chi connectivity index (χ4n) is 2.35. The van der Waals surface area contributed by atoms with Crippen molar-refractivity contribution in [3.63, 3.8) is 0 Å². The first-order chi connectivity index (χ1) is 10.7. The number of rotatable bonds is 10. The molecule has 1 aliphatic rings. The summed E-state index contributed by atoms with van der Waals surface area (Å²) in [5.41, 5.74) is 0. The topological polar surface area (TPSA) is 52.6 Å². The lowest BCUT2D eigenvalue weighted by atomic mass is 9.83. The van der Waals surface area contributed by atoms with E-state index in [0.29, 0.717) is 26.1 Å². The molecule has 122 valence electrons. The Kier molecular flexibility index (Phi) is 8.96. The number of allylic oxidation sites excluding steroid dienone is 4. The van der Waals surface area contributed by atoms with Crippen LogP contribution in [0.1, 0.15) is 38.5 Å². The first-order valence-electron chi connectivity index (χ1n) is 7.90. The number of hydrogen-bond acceptors (Lipinski definition) is 4. The maximum Gasteiger partial charge on any atom is 0.310 e. The van der Waals surface area contributed by atoms with Crippen molar-refractivity contribution < 1.29 is 19.1 Å². The van der Waals surface area contributed by atoms with Gasteiger partial charge in [-0.3, -0.25) is 9.59 Å². The minimum absolute atomic E-state index is 0.304. The molecule has 0 saturated carbocycles. The predicted octanol–water partition coefficient (Wildman–Crippen LogP) is 3.59. The Hall–Kier alpha value is -1.84. The van der Waals surface area contributed by atoms with E-state index in [1.165, 1.54) is 0 Å². The summed E-state index contributed by atoms with van der Waals surface area (Å²) in [6.07, 6.45) is 11.6. The summed E-state index contributed by atoms with van der Waals surface area (Å²) in [4.78, 5) is 24.3. The monoisotopic (exact) mass is 306 g/mol. The number of esters is 2. The molecule has 0 aromatic heterocycles. The van der Waals surface area contributed by atoms with Crippen molar-refractivity contribution in [1.29, 1.82) is 0 Å². The molecule has 0 amide bonds. The highest BCUT2D eigenvalue weighted by atomic mass is 16.5. The highest BCUT2D eigenvalue weighted by Gasteiger charge is 2.36. The van der Waals surface area contributed by atoms with Gasteiger partial charge in [0.1, 0.15) is 0 Å². The molecule has 1 aliphatic carbocycles. The van der Waals surface area contributed by atoms with E-state index >= 15 is 0 Å². The molecule has 0 aromatic rings. The number of hydrogen-bond donors (Lipinski definition) is 0. The lowest BCUT2D eigenvalue weighted by molar-refractivity contribution is -0.161. The molecule has 0 saturated heterocycles. The minimum atomic E-state index is -0.430. The highest BCUT2D eigenvalue weighted by Crippen LogP contribution is 2.28. The maximum atomic E-state index is 12.1. The van der Waals surface area contributed by atoms with Gasteiger partial charge in [-0.15, -0.1) is 13.2 Å². The highest BCUT2D eigenvalue weighted by molar-refractivity contribution is 5.82. The van der Waals surface area contributed by atoms with Crippen LogP contribution in [0.4, 0.5) is 0 Å². The third-order valence-corrected chi connectivity index (χ3v) is 3.63. The van der Waals surface area contributed by atoms with Gasteiger partial charge in [-0.1, -0.05) is 24.3 Å². The molecule has 0 heterocycles. The molecule has 0 spiro atoms. The normalized spacial score (nSPS) is 20.2. The second-order valence-electron chi connectivity index (χ2n) is 5.35. The Morgan fingerprint density at radius 2 is 1.32 bits per heavy atom. The van der Waals surface area contributed by atoms with E-state index < -0.39 is 11.8 Å². The van der Waals surface area contributed by atoms with E-state index in [0.717, 1.165) is 25.7 Å². The molecule has 0 fully saturated rings. The zero-order valence-corrected chi connectivity index (χ0v) is 13.2. The van der Waals surface area contributed by atoms with Crippen LogP contribution in [0.5, 0.6) is 0 Å². The predicted molar refractivity (Wildman–Crippen MR) is 86.1 cm³/mol. The Labute approximate surface area is 132 Å². The van der Waals surface area contributed by atoms with Gasteiger partial charge < -0.3 is 9.47 Å². The largest absolute Gasteiger partial charge is 0.465 e. The van der Waals surface area contributed by atoms with E-state index in [-0.39, 0.29) is 11.9 Å². The minimum Gasteiger partial charge on any atom is -0.465 e. The van der Waals surface area contributed by atoms with E-state index in [9.17, 15) is 9.59 Å². The van der Waals surface area contributed by atoms with Crippen molar-refractivity contribution in [2.75, 3.05) is 13.2 Å². The van der Waals surface area contributed by atoms with Gasteiger partial charge in [0.15, 0.2) is 0 Å². The van der Waals surface area contributed by atoms with E-state index in [1.807, 2.05) is 12.2 Å². The van der Waals surface area contributed by atoms with Crippen molar-refractivity contribution >= 4 is 11.9 Å². The average Bonchev–Trinajstić information content (AvgIpc) is 2.55.